The Morgan fingerprint density at radius 2 is 1.84 bits per heavy atom. The number of carboxylic acids is 1. The van der Waals surface area contributed by atoms with Crippen molar-refractivity contribution in [3.05, 3.63) is 65.5 Å². The summed E-state index contributed by atoms with van der Waals surface area (Å²) in [6.45, 7) is 0. The summed E-state index contributed by atoms with van der Waals surface area (Å²) in [4.78, 5) is 14.9. The molecule has 2 rings (SSSR count). The molecule has 98 valence electrons. The summed E-state index contributed by atoms with van der Waals surface area (Å²) >= 11 is 0. The Bertz CT molecular complexity index is 584. The van der Waals surface area contributed by atoms with Crippen molar-refractivity contribution >= 4 is 5.97 Å². The summed E-state index contributed by atoms with van der Waals surface area (Å²) in [5.41, 5.74) is 0.954. The van der Waals surface area contributed by atoms with Crippen LogP contribution in [0.2, 0.25) is 0 Å². The summed E-state index contributed by atoms with van der Waals surface area (Å²) in [7, 11) is 0. The van der Waals surface area contributed by atoms with Gasteiger partial charge in [0.05, 0.1) is 12.1 Å². The molecule has 1 aromatic heterocycles. The molecule has 0 aliphatic carbocycles. The minimum atomic E-state index is -1.05. The predicted octanol–water partition coefficient (Wildman–Crippen LogP) is 2.77. The minimum Gasteiger partial charge on any atom is -0.481 e. The van der Waals surface area contributed by atoms with Crippen LogP contribution in [0.5, 0.6) is 0 Å². The van der Waals surface area contributed by atoms with Crippen molar-refractivity contribution in [3.63, 3.8) is 0 Å². The summed E-state index contributed by atoms with van der Waals surface area (Å²) in [5.74, 6) is -2.85. The van der Waals surface area contributed by atoms with Crippen LogP contribution >= 0.6 is 0 Å². The number of rotatable bonds is 4. The largest absolute Gasteiger partial charge is 0.481 e. The van der Waals surface area contributed by atoms with E-state index in [1.165, 1.54) is 36.5 Å². The summed E-state index contributed by atoms with van der Waals surface area (Å²) < 4.78 is 25.8. The molecule has 0 radical (unpaired) electrons. The normalized spacial score (nSPS) is 12.1. The number of nitrogens with zero attached hydrogens (tertiary/aromatic N) is 1. The molecule has 0 amide bonds. The van der Waals surface area contributed by atoms with Gasteiger partial charge < -0.3 is 5.11 Å². The molecular weight excluding hydrogens is 252 g/mol. The maximum Gasteiger partial charge on any atom is 0.311 e. The predicted molar refractivity (Wildman–Crippen MR) is 64.7 cm³/mol. The third-order valence-electron chi connectivity index (χ3n) is 2.77. The van der Waals surface area contributed by atoms with E-state index in [-0.39, 0.29) is 6.42 Å². The molecule has 0 saturated carbocycles. The van der Waals surface area contributed by atoms with Gasteiger partial charge in [-0.1, -0.05) is 12.1 Å². The number of hydrogen-bond acceptors (Lipinski definition) is 2. The van der Waals surface area contributed by atoms with Crippen molar-refractivity contribution in [1.82, 2.24) is 4.98 Å². The minimum absolute atomic E-state index is 0.103. The Hall–Kier alpha value is -2.30. The van der Waals surface area contributed by atoms with Gasteiger partial charge in [0.15, 0.2) is 0 Å². The standard InChI is InChI=1S/C14H11F2NO2/c15-11-3-1-10(2-4-11)13(14(18)19)6-9-5-12(16)8-17-7-9/h1-5,7-8,13H,6H2,(H,18,19). The Kier molecular flexibility index (Phi) is 3.85. The summed E-state index contributed by atoms with van der Waals surface area (Å²) in [6, 6.07) is 6.48. The molecule has 0 aliphatic rings. The lowest BCUT2D eigenvalue weighted by Gasteiger charge is -2.12. The number of carboxylic acid groups (broad SMARTS) is 1. The van der Waals surface area contributed by atoms with Crippen LogP contribution in [0.25, 0.3) is 0 Å². The van der Waals surface area contributed by atoms with E-state index in [4.69, 9.17) is 0 Å². The van der Waals surface area contributed by atoms with Crippen LogP contribution in [0.3, 0.4) is 0 Å². The molecule has 1 atom stereocenters. The average Bonchev–Trinajstić information content (AvgIpc) is 2.37. The van der Waals surface area contributed by atoms with Crippen molar-refractivity contribution < 1.29 is 18.7 Å². The Labute approximate surface area is 108 Å². The Balaban J connectivity index is 2.26. The SMILES string of the molecule is O=C(O)C(Cc1cncc(F)c1)c1ccc(F)cc1. The van der Waals surface area contributed by atoms with Crippen LogP contribution in [0.4, 0.5) is 8.78 Å². The molecule has 1 aromatic carbocycles. The molecule has 1 heterocycles. The molecule has 0 spiro atoms. The number of aromatic nitrogens is 1. The highest BCUT2D eigenvalue weighted by Crippen LogP contribution is 2.21. The van der Waals surface area contributed by atoms with Crippen molar-refractivity contribution in [2.24, 2.45) is 0 Å². The zero-order valence-corrected chi connectivity index (χ0v) is 9.88. The highest BCUT2D eigenvalue weighted by molar-refractivity contribution is 5.76. The molecule has 2 aromatic rings. The Morgan fingerprint density at radius 3 is 2.42 bits per heavy atom. The van der Waals surface area contributed by atoms with Crippen LogP contribution < -0.4 is 0 Å². The van der Waals surface area contributed by atoms with E-state index < -0.39 is 23.5 Å². The maximum absolute atomic E-state index is 13.0. The highest BCUT2D eigenvalue weighted by Gasteiger charge is 2.20. The van der Waals surface area contributed by atoms with Gasteiger partial charge in [-0.15, -0.1) is 0 Å². The van der Waals surface area contributed by atoms with Crippen LogP contribution in [0.15, 0.2) is 42.7 Å². The molecule has 0 bridgehead atoms. The number of halogens is 2. The van der Waals surface area contributed by atoms with Gasteiger partial charge in [0.2, 0.25) is 0 Å². The molecule has 1 N–H and O–H groups in total. The van der Waals surface area contributed by atoms with E-state index in [2.05, 4.69) is 4.98 Å². The molecular formula is C14H11F2NO2. The van der Waals surface area contributed by atoms with Crippen molar-refractivity contribution in [2.75, 3.05) is 0 Å². The van der Waals surface area contributed by atoms with Crippen molar-refractivity contribution in [3.8, 4) is 0 Å². The molecule has 0 fully saturated rings. The Morgan fingerprint density at radius 1 is 1.16 bits per heavy atom. The van der Waals surface area contributed by atoms with E-state index in [1.54, 1.807) is 0 Å². The van der Waals surface area contributed by atoms with E-state index in [1.807, 2.05) is 0 Å². The first-order chi connectivity index (χ1) is 9.06. The third-order valence-corrected chi connectivity index (χ3v) is 2.77. The van der Waals surface area contributed by atoms with Crippen molar-refractivity contribution in [1.29, 1.82) is 0 Å². The van der Waals surface area contributed by atoms with Gasteiger partial charge in [-0.25, -0.2) is 8.78 Å². The fraction of sp³-hybridized carbons (Fsp3) is 0.143. The number of carbonyl (C=O) groups is 1. The topological polar surface area (TPSA) is 50.2 Å². The molecule has 1 unspecified atom stereocenters. The first kappa shape index (κ1) is 13.1. The van der Waals surface area contributed by atoms with Crippen LogP contribution in [-0.2, 0) is 11.2 Å². The highest BCUT2D eigenvalue weighted by atomic mass is 19.1. The lowest BCUT2D eigenvalue weighted by Crippen LogP contribution is -2.14. The molecule has 5 heteroatoms. The number of pyridine rings is 1. The molecule has 0 saturated heterocycles. The van der Waals surface area contributed by atoms with Crippen LogP contribution in [-0.4, -0.2) is 16.1 Å². The van der Waals surface area contributed by atoms with Gasteiger partial charge >= 0.3 is 5.97 Å². The second kappa shape index (κ2) is 5.56. The van der Waals surface area contributed by atoms with Crippen LogP contribution in [0.1, 0.15) is 17.0 Å². The van der Waals surface area contributed by atoms with Gasteiger partial charge in [0.25, 0.3) is 0 Å². The second-order valence-electron chi connectivity index (χ2n) is 4.16. The quantitative estimate of drug-likeness (QED) is 0.922. The number of hydrogen-bond donors (Lipinski definition) is 1. The lowest BCUT2D eigenvalue weighted by atomic mass is 9.93. The zero-order chi connectivity index (χ0) is 13.8. The molecule has 3 nitrogen and oxygen atoms in total. The maximum atomic E-state index is 13.0. The van der Waals surface area contributed by atoms with Gasteiger partial charge in [0.1, 0.15) is 11.6 Å². The summed E-state index contributed by atoms with van der Waals surface area (Å²) in [6.07, 6.45) is 2.57. The van der Waals surface area contributed by atoms with E-state index in [9.17, 15) is 18.7 Å². The lowest BCUT2D eigenvalue weighted by molar-refractivity contribution is -0.138. The van der Waals surface area contributed by atoms with Gasteiger partial charge in [-0.05, 0) is 35.7 Å². The molecule has 0 aliphatic heterocycles. The second-order valence-corrected chi connectivity index (χ2v) is 4.16. The van der Waals surface area contributed by atoms with E-state index in [0.29, 0.717) is 11.1 Å². The van der Waals surface area contributed by atoms with E-state index >= 15 is 0 Å². The van der Waals surface area contributed by atoms with Gasteiger partial charge in [0, 0.05) is 6.20 Å². The van der Waals surface area contributed by atoms with Crippen LogP contribution in [0, 0.1) is 11.6 Å². The van der Waals surface area contributed by atoms with E-state index in [0.717, 1.165) is 6.20 Å². The zero-order valence-electron chi connectivity index (χ0n) is 9.88. The first-order valence-corrected chi connectivity index (χ1v) is 5.64. The van der Waals surface area contributed by atoms with Crippen molar-refractivity contribution in [2.45, 2.75) is 12.3 Å². The number of benzene rings is 1. The first-order valence-electron chi connectivity index (χ1n) is 5.64. The average molecular weight is 263 g/mol. The number of aliphatic carboxylic acids is 1. The molecule has 19 heavy (non-hydrogen) atoms. The smallest absolute Gasteiger partial charge is 0.311 e. The third kappa shape index (κ3) is 3.34. The van der Waals surface area contributed by atoms with Gasteiger partial charge in [-0.3, -0.25) is 9.78 Å². The summed E-state index contributed by atoms with van der Waals surface area (Å²) in [5, 5.41) is 9.22. The fourth-order valence-corrected chi connectivity index (χ4v) is 1.85. The monoisotopic (exact) mass is 263 g/mol. The van der Waals surface area contributed by atoms with Gasteiger partial charge in [-0.2, -0.15) is 0 Å². The fourth-order valence-electron chi connectivity index (χ4n) is 1.85.